The molecule has 0 fully saturated rings. The first-order valence-corrected chi connectivity index (χ1v) is 6.88. The van der Waals surface area contributed by atoms with Gasteiger partial charge in [-0.05, 0) is 18.6 Å². The molecule has 7 nitrogen and oxygen atoms in total. The van der Waals surface area contributed by atoms with Crippen molar-refractivity contribution in [1.82, 2.24) is 9.55 Å². The number of nitrogens with zero attached hydrogens (tertiary/aromatic N) is 2. The van der Waals surface area contributed by atoms with Gasteiger partial charge in [0.25, 0.3) is 5.56 Å². The molecule has 1 heterocycles. The average molecular weight is 303 g/mol. The van der Waals surface area contributed by atoms with Crippen LogP contribution in [0.3, 0.4) is 0 Å². The maximum atomic E-state index is 12.0. The maximum absolute atomic E-state index is 12.0. The van der Waals surface area contributed by atoms with Gasteiger partial charge in [0.15, 0.2) is 0 Å². The van der Waals surface area contributed by atoms with Crippen LogP contribution in [0.25, 0.3) is 5.69 Å². The third kappa shape index (κ3) is 2.99. The predicted octanol–water partition coefficient (Wildman–Crippen LogP) is 0.423. The van der Waals surface area contributed by atoms with Gasteiger partial charge in [0, 0.05) is 0 Å². The lowest BCUT2D eigenvalue weighted by Crippen LogP contribution is -2.33. The molecular weight excluding hydrogens is 286 g/mol. The van der Waals surface area contributed by atoms with Gasteiger partial charge in [0.05, 0.1) is 24.6 Å². The number of aromatic hydroxyl groups is 1. The number of para-hydroxylation sites is 1. The molecule has 0 radical (unpaired) electrons. The summed E-state index contributed by atoms with van der Waals surface area (Å²) in [5.74, 6) is -0.460. The minimum Gasteiger partial charge on any atom is -0.493 e. The highest BCUT2D eigenvalue weighted by Gasteiger charge is 2.18. The Kier molecular flexibility index (Phi) is 4.90. The quantitative estimate of drug-likeness (QED) is 0.696. The zero-order valence-corrected chi connectivity index (χ0v) is 12.1. The molecule has 1 aromatic heterocycles. The predicted molar refractivity (Wildman–Crippen MR) is 83.1 cm³/mol. The van der Waals surface area contributed by atoms with Gasteiger partial charge in [-0.25, -0.2) is 9.36 Å². The van der Waals surface area contributed by atoms with Crippen LogP contribution in [0.5, 0.6) is 5.88 Å². The Balaban J connectivity index is 2.72. The Hall–Kier alpha value is -2.67. The van der Waals surface area contributed by atoms with Crippen molar-refractivity contribution in [2.24, 2.45) is 4.99 Å². The third-order valence-electron chi connectivity index (χ3n) is 3.13. The number of H-pyrrole nitrogens is 1. The van der Waals surface area contributed by atoms with Gasteiger partial charge in [0.1, 0.15) is 5.56 Å². The second kappa shape index (κ2) is 6.86. The first kappa shape index (κ1) is 15.7. The van der Waals surface area contributed by atoms with Gasteiger partial charge < -0.3 is 10.2 Å². The molecule has 0 aliphatic rings. The van der Waals surface area contributed by atoms with Gasteiger partial charge in [-0.2, -0.15) is 0 Å². The van der Waals surface area contributed by atoms with Gasteiger partial charge in [-0.1, -0.05) is 25.1 Å². The number of nitrogens with one attached hydrogen (secondary N) is 1. The molecule has 2 rings (SSSR count). The fourth-order valence-corrected chi connectivity index (χ4v) is 2.15. The number of aromatic amines is 1. The molecule has 0 saturated carbocycles. The number of aliphatic hydroxyl groups excluding tert-OH is 1. The monoisotopic (exact) mass is 303 g/mol. The van der Waals surface area contributed by atoms with E-state index in [9.17, 15) is 14.7 Å². The van der Waals surface area contributed by atoms with Gasteiger partial charge >= 0.3 is 5.69 Å². The Morgan fingerprint density at radius 3 is 2.55 bits per heavy atom. The number of aliphatic imine (C=N–C) groups is 1. The molecule has 0 atom stereocenters. The lowest BCUT2D eigenvalue weighted by Gasteiger charge is -2.12. The van der Waals surface area contributed by atoms with E-state index in [1.165, 1.54) is 0 Å². The van der Waals surface area contributed by atoms with E-state index in [4.69, 9.17) is 5.11 Å². The molecular formula is C15H17N3O4. The molecule has 7 heteroatoms. The number of hydrogen-bond acceptors (Lipinski definition) is 5. The second-order valence-corrected chi connectivity index (χ2v) is 4.53. The largest absolute Gasteiger partial charge is 0.493 e. The van der Waals surface area contributed by atoms with Crippen LogP contribution in [0.15, 0.2) is 44.9 Å². The fourth-order valence-electron chi connectivity index (χ4n) is 2.15. The van der Waals surface area contributed by atoms with Crippen LogP contribution < -0.4 is 11.2 Å². The first-order chi connectivity index (χ1) is 10.6. The van der Waals surface area contributed by atoms with Crippen LogP contribution in [-0.4, -0.2) is 38.6 Å². The van der Waals surface area contributed by atoms with E-state index in [2.05, 4.69) is 9.98 Å². The number of aliphatic hydroxyl groups is 1. The SMILES string of the molecule is CCC(=NCCO)c1c(O)n(-c2ccccc2)c(=O)[nH]c1=O. The lowest BCUT2D eigenvalue weighted by atomic mass is 10.1. The average Bonchev–Trinajstić information content (AvgIpc) is 2.51. The molecule has 2 aromatic rings. The van der Waals surface area contributed by atoms with E-state index in [1.807, 2.05) is 0 Å². The maximum Gasteiger partial charge on any atom is 0.335 e. The molecule has 116 valence electrons. The second-order valence-electron chi connectivity index (χ2n) is 4.53. The fraction of sp³-hybridized carbons (Fsp3) is 0.267. The molecule has 0 bridgehead atoms. The summed E-state index contributed by atoms with van der Waals surface area (Å²) in [6.45, 7) is 1.72. The summed E-state index contributed by atoms with van der Waals surface area (Å²) in [5.41, 5.74) is -0.722. The molecule has 0 aliphatic carbocycles. The summed E-state index contributed by atoms with van der Waals surface area (Å²) in [5, 5.41) is 19.3. The minimum atomic E-state index is -0.727. The van der Waals surface area contributed by atoms with Crippen LogP contribution in [0.2, 0.25) is 0 Å². The number of aromatic nitrogens is 2. The van der Waals surface area contributed by atoms with Crippen LogP contribution in [0.1, 0.15) is 18.9 Å². The van der Waals surface area contributed by atoms with Crippen molar-refractivity contribution in [3.05, 3.63) is 56.7 Å². The van der Waals surface area contributed by atoms with Crippen molar-refractivity contribution in [3.8, 4) is 11.6 Å². The highest BCUT2D eigenvalue weighted by atomic mass is 16.3. The topological polar surface area (TPSA) is 108 Å². The highest BCUT2D eigenvalue weighted by Crippen LogP contribution is 2.17. The van der Waals surface area contributed by atoms with E-state index < -0.39 is 17.1 Å². The van der Waals surface area contributed by atoms with E-state index >= 15 is 0 Å². The summed E-state index contributed by atoms with van der Waals surface area (Å²) in [6, 6.07) is 8.48. The molecule has 0 saturated heterocycles. The van der Waals surface area contributed by atoms with Gasteiger partial charge in [-0.15, -0.1) is 0 Å². The zero-order chi connectivity index (χ0) is 16.1. The minimum absolute atomic E-state index is 0.0561. The normalized spacial score (nSPS) is 11.6. The van der Waals surface area contributed by atoms with E-state index in [-0.39, 0.29) is 18.7 Å². The van der Waals surface area contributed by atoms with Crippen LogP contribution in [0.4, 0.5) is 0 Å². The third-order valence-corrected chi connectivity index (χ3v) is 3.13. The Labute approximate surface area is 126 Å². The molecule has 22 heavy (non-hydrogen) atoms. The number of rotatable bonds is 5. The van der Waals surface area contributed by atoms with Crippen molar-refractivity contribution < 1.29 is 10.2 Å². The van der Waals surface area contributed by atoms with Crippen molar-refractivity contribution in [2.45, 2.75) is 13.3 Å². The number of benzene rings is 1. The highest BCUT2D eigenvalue weighted by molar-refractivity contribution is 6.02. The summed E-state index contributed by atoms with van der Waals surface area (Å²) in [4.78, 5) is 30.3. The Morgan fingerprint density at radius 1 is 1.27 bits per heavy atom. The summed E-state index contributed by atoms with van der Waals surface area (Å²) in [7, 11) is 0. The van der Waals surface area contributed by atoms with Crippen molar-refractivity contribution >= 4 is 5.71 Å². The molecule has 0 aliphatic heterocycles. The van der Waals surface area contributed by atoms with Crippen molar-refractivity contribution in [2.75, 3.05) is 13.2 Å². The summed E-state index contributed by atoms with van der Waals surface area (Å²) >= 11 is 0. The standard InChI is InChI=1S/C15H17N3O4/c1-2-11(16-8-9-19)12-13(20)17-15(22)18(14(12)21)10-6-4-3-5-7-10/h3-7,19,21H,2,8-9H2,1H3,(H,17,20,22). The smallest absolute Gasteiger partial charge is 0.335 e. The van der Waals surface area contributed by atoms with E-state index in [0.29, 0.717) is 17.8 Å². The zero-order valence-electron chi connectivity index (χ0n) is 12.1. The molecule has 1 aromatic carbocycles. The number of hydrogen-bond donors (Lipinski definition) is 3. The molecule has 0 amide bonds. The van der Waals surface area contributed by atoms with Crippen molar-refractivity contribution in [3.63, 3.8) is 0 Å². The Morgan fingerprint density at radius 2 is 1.95 bits per heavy atom. The lowest BCUT2D eigenvalue weighted by molar-refractivity contribution is 0.307. The molecule has 0 unspecified atom stereocenters. The summed E-state index contributed by atoms with van der Waals surface area (Å²) < 4.78 is 1.01. The van der Waals surface area contributed by atoms with E-state index in [1.54, 1.807) is 37.3 Å². The Bertz CT molecular complexity index is 791. The van der Waals surface area contributed by atoms with Crippen LogP contribution in [0, 0.1) is 0 Å². The van der Waals surface area contributed by atoms with Crippen molar-refractivity contribution in [1.29, 1.82) is 0 Å². The van der Waals surface area contributed by atoms with Crippen LogP contribution >= 0.6 is 0 Å². The first-order valence-electron chi connectivity index (χ1n) is 6.88. The van der Waals surface area contributed by atoms with E-state index in [0.717, 1.165) is 4.57 Å². The van der Waals surface area contributed by atoms with Crippen LogP contribution in [-0.2, 0) is 0 Å². The van der Waals surface area contributed by atoms with Gasteiger partial charge in [-0.3, -0.25) is 14.8 Å². The summed E-state index contributed by atoms with van der Waals surface area (Å²) in [6.07, 6.45) is 0.379. The van der Waals surface area contributed by atoms with Gasteiger partial charge in [0.2, 0.25) is 5.88 Å². The molecule has 3 N–H and O–H groups in total. The molecule has 0 spiro atoms.